The number of hydrogen-bond acceptors (Lipinski definition) is 2. The molecule has 4 atom stereocenters. The van der Waals surface area contributed by atoms with Crippen molar-refractivity contribution in [3.05, 3.63) is 0 Å². The number of hydrogen-bond donors (Lipinski definition) is 0. The van der Waals surface area contributed by atoms with Crippen LogP contribution in [0.15, 0.2) is 0 Å². The van der Waals surface area contributed by atoms with Crippen molar-refractivity contribution in [1.82, 2.24) is 0 Å². The van der Waals surface area contributed by atoms with E-state index in [4.69, 9.17) is 0 Å². The molecule has 3 saturated carbocycles. The van der Waals surface area contributed by atoms with Crippen LogP contribution in [0.25, 0.3) is 0 Å². The van der Waals surface area contributed by atoms with E-state index in [9.17, 15) is 9.59 Å². The average Bonchev–Trinajstić information content (AvgIpc) is 2.84. The average molecular weight is 220 g/mol. The van der Waals surface area contributed by atoms with Gasteiger partial charge in [0.25, 0.3) is 0 Å². The molecule has 2 nitrogen and oxygen atoms in total. The highest BCUT2D eigenvalue weighted by Crippen LogP contribution is 2.44. The lowest BCUT2D eigenvalue weighted by atomic mass is 9.75. The van der Waals surface area contributed by atoms with Crippen molar-refractivity contribution < 1.29 is 9.59 Å². The van der Waals surface area contributed by atoms with E-state index in [1.165, 1.54) is 0 Å². The first-order valence-electron chi connectivity index (χ1n) is 6.81. The van der Waals surface area contributed by atoms with Crippen molar-refractivity contribution in [3.63, 3.8) is 0 Å². The molecule has 0 bridgehead atoms. The summed E-state index contributed by atoms with van der Waals surface area (Å²) in [7, 11) is 0. The fraction of sp³-hybridized carbons (Fsp3) is 0.857. The Morgan fingerprint density at radius 3 is 1.56 bits per heavy atom. The summed E-state index contributed by atoms with van der Waals surface area (Å²) in [4.78, 5) is 24.4. The van der Waals surface area contributed by atoms with Gasteiger partial charge < -0.3 is 0 Å². The van der Waals surface area contributed by atoms with Crippen LogP contribution in [0.5, 0.6) is 0 Å². The minimum absolute atomic E-state index is 0.241. The van der Waals surface area contributed by atoms with E-state index in [1.54, 1.807) is 0 Å². The Kier molecular flexibility index (Phi) is 2.61. The molecule has 3 fully saturated rings. The molecule has 0 heterocycles. The predicted molar refractivity (Wildman–Crippen MR) is 60.9 cm³/mol. The van der Waals surface area contributed by atoms with E-state index < -0.39 is 0 Å². The molecule has 3 aliphatic rings. The van der Waals surface area contributed by atoms with Gasteiger partial charge in [-0.2, -0.15) is 0 Å². The Hall–Kier alpha value is -0.660. The summed E-state index contributed by atoms with van der Waals surface area (Å²) in [5.74, 6) is 2.25. The first-order chi connectivity index (χ1) is 7.75. The molecule has 0 unspecified atom stereocenters. The minimum Gasteiger partial charge on any atom is -0.299 e. The molecular weight excluding hydrogens is 200 g/mol. The van der Waals surface area contributed by atoms with E-state index in [2.05, 4.69) is 0 Å². The summed E-state index contributed by atoms with van der Waals surface area (Å²) in [5.41, 5.74) is 0. The Balaban J connectivity index is 1.84. The molecule has 0 aromatic carbocycles. The third-order valence-corrected chi connectivity index (χ3v) is 5.07. The maximum Gasteiger partial charge on any atom is 0.136 e. The summed E-state index contributed by atoms with van der Waals surface area (Å²) in [6, 6.07) is 0. The van der Waals surface area contributed by atoms with Gasteiger partial charge in [0.05, 0.1) is 0 Å². The summed E-state index contributed by atoms with van der Waals surface area (Å²) in [6.45, 7) is 0. The molecule has 0 aromatic rings. The zero-order valence-corrected chi connectivity index (χ0v) is 9.78. The Morgan fingerprint density at radius 1 is 0.688 bits per heavy atom. The van der Waals surface area contributed by atoms with Crippen LogP contribution in [-0.4, -0.2) is 11.6 Å². The first-order valence-corrected chi connectivity index (χ1v) is 6.81. The third-order valence-electron chi connectivity index (χ3n) is 5.07. The number of carbonyl (C=O) groups is 2. The van der Waals surface area contributed by atoms with E-state index in [0.717, 1.165) is 38.5 Å². The lowest BCUT2D eigenvalue weighted by Crippen LogP contribution is -2.32. The lowest BCUT2D eigenvalue weighted by Gasteiger charge is -2.27. The molecule has 2 heteroatoms. The largest absolute Gasteiger partial charge is 0.299 e. The number of Topliss-reactive ketones (excluding diaryl/α,β-unsaturated/α-hetero) is 2. The highest BCUT2D eigenvalue weighted by atomic mass is 16.1. The van der Waals surface area contributed by atoms with Crippen LogP contribution in [0.4, 0.5) is 0 Å². The van der Waals surface area contributed by atoms with Crippen LogP contribution in [0.3, 0.4) is 0 Å². The van der Waals surface area contributed by atoms with Gasteiger partial charge in [-0.3, -0.25) is 9.59 Å². The van der Waals surface area contributed by atoms with Crippen molar-refractivity contribution >= 4 is 11.6 Å². The van der Waals surface area contributed by atoms with Crippen molar-refractivity contribution in [1.29, 1.82) is 0 Å². The monoisotopic (exact) mass is 220 g/mol. The predicted octanol–water partition coefficient (Wildman–Crippen LogP) is 2.75. The molecule has 0 spiro atoms. The molecule has 3 rings (SSSR count). The SMILES string of the molecule is O=C1C[C@@H]2CCC[C@H]2C(=O)C[C@H]2CCC[C@@H]12. The van der Waals surface area contributed by atoms with Gasteiger partial charge in [-0.1, -0.05) is 12.8 Å². The molecule has 0 radical (unpaired) electrons. The molecular formula is C14H20O2. The smallest absolute Gasteiger partial charge is 0.136 e. The van der Waals surface area contributed by atoms with E-state index in [0.29, 0.717) is 36.2 Å². The summed E-state index contributed by atoms with van der Waals surface area (Å²) in [5, 5.41) is 0. The Labute approximate surface area is 96.8 Å². The van der Waals surface area contributed by atoms with Gasteiger partial charge in [0.15, 0.2) is 0 Å². The van der Waals surface area contributed by atoms with Gasteiger partial charge in [-0.25, -0.2) is 0 Å². The van der Waals surface area contributed by atoms with Crippen molar-refractivity contribution in [2.24, 2.45) is 23.7 Å². The molecule has 0 aromatic heterocycles. The molecule has 16 heavy (non-hydrogen) atoms. The molecule has 0 N–H and O–H groups in total. The lowest BCUT2D eigenvalue weighted by molar-refractivity contribution is -0.131. The number of rotatable bonds is 0. The van der Waals surface area contributed by atoms with Crippen LogP contribution in [0, 0.1) is 23.7 Å². The number of fused-ring (bicyclic) bond motifs is 2. The molecule has 0 amide bonds. The van der Waals surface area contributed by atoms with Crippen molar-refractivity contribution in [2.75, 3.05) is 0 Å². The Bertz CT molecular complexity index is 289. The summed E-state index contributed by atoms with van der Waals surface area (Å²) >= 11 is 0. The normalized spacial score (nSPS) is 43.8. The molecule has 88 valence electrons. The highest BCUT2D eigenvalue weighted by Gasteiger charge is 2.42. The number of ketones is 2. The second kappa shape index (κ2) is 3.97. The summed E-state index contributed by atoms with van der Waals surface area (Å²) < 4.78 is 0. The van der Waals surface area contributed by atoms with Gasteiger partial charge in [0.1, 0.15) is 11.6 Å². The van der Waals surface area contributed by atoms with Crippen molar-refractivity contribution in [2.45, 2.75) is 51.4 Å². The van der Waals surface area contributed by atoms with Crippen molar-refractivity contribution in [3.8, 4) is 0 Å². The third kappa shape index (κ3) is 1.63. The second-order valence-corrected chi connectivity index (χ2v) is 5.94. The van der Waals surface area contributed by atoms with Crippen LogP contribution in [0.2, 0.25) is 0 Å². The quantitative estimate of drug-likeness (QED) is 0.629. The van der Waals surface area contributed by atoms with Crippen LogP contribution in [-0.2, 0) is 9.59 Å². The Morgan fingerprint density at radius 2 is 1.12 bits per heavy atom. The number of carbonyl (C=O) groups excluding carboxylic acids is 2. The van der Waals surface area contributed by atoms with Gasteiger partial charge in [-0.05, 0) is 37.5 Å². The fourth-order valence-corrected chi connectivity index (χ4v) is 4.23. The van der Waals surface area contributed by atoms with Gasteiger partial charge >= 0.3 is 0 Å². The maximum absolute atomic E-state index is 12.2. The first kappa shape index (κ1) is 10.5. The zero-order valence-electron chi connectivity index (χ0n) is 9.78. The van der Waals surface area contributed by atoms with E-state index in [1.807, 2.05) is 0 Å². The van der Waals surface area contributed by atoms with Crippen LogP contribution >= 0.6 is 0 Å². The highest BCUT2D eigenvalue weighted by molar-refractivity contribution is 5.88. The van der Waals surface area contributed by atoms with Crippen LogP contribution < -0.4 is 0 Å². The molecule has 3 aliphatic carbocycles. The zero-order chi connectivity index (χ0) is 11.1. The second-order valence-electron chi connectivity index (χ2n) is 5.94. The van der Waals surface area contributed by atoms with E-state index >= 15 is 0 Å². The van der Waals surface area contributed by atoms with Gasteiger partial charge in [0, 0.05) is 24.7 Å². The standard InChI is InChI=1S/C14H20O2/c15-13-8-10-4-2-6-12(10)14(16)7-9-3-1-5-11(9)13/h9-12H,1-8H2/t9-,10+,11-,12-/m1/s1. The fourth-order valence-electron chi connectivity index (χ4n) is 4.23. The summed E-state index contributed by atoms with van der Waals surface area (Å²) in [6.07, 6.45) is 8.05. The van der Waals surface area contributed by atoms with Gasteiger partial charge in [0.2, 0.25) is 0 Å². The maximum atomic E-state index is 12.2. The molecule has 0 saturated heterocycles. The van der Waals surface area contributed by atoms with Crippen LogP contribution in [0.1, 0.15) is 51.4 Å². The van der Waals surface area contributed by atoms with Gasteiger partial charge in [-0.15, -0.1) is 0 Å². The molecule has 0 aliphatic heterocycles. The topological polar surface area (TPSA) is 34.1 Å². The van der Waals surface area contributed by atoms with E-state index in [-0.39, 0.29) is 11.8 Å². The minimum atomic E-state index is 0.241.